The Hall–Kier alpha value is -1.81. The van der Waals surface area contributed by atoms with Gasteiger partial charge in [0.2, 0.25) is 0 Å². The van der Waals surface area contributed by atoms with Gasteiger partial charge in [0.25, 0.3) is 0 Å². The predicted molar refractivity (Wildman–Crippen MR) is 81.2 cm³/mol. The molecule has 1 saturated heterocycles. The van der Waals surface area contributed by atoms with E-state index in [1.165, 1.54) is 16.5 Å². The molecule has 0 atom stereocenters. The van der Waals surface area contributed by atoms with E-state index in [9.17, 15) is 0 Å². The molecular formula is C15H20N4. The Bertz CT molecular complexity index is 573. The number of nitrogens with zero attached hydrogens (tertiary/aromatic N) is 3. The van der Waals surface area contributed by atoms with E-state index in [2.05, 4.69) is 58.5 Å². The zero-order valence-electron chi connectivity index (χ0n) is 11.6. The molecule has 19 heavy (non-hydrogen) atoms. The molecule has 3 rings (SSSR count). The van der Waals surface area contributed by atoms with Gasteiger partial charge in [-0.25, -0.2) is 4.98 Å². The first-order chi connectivity index (χ1) is 9.25. The van der Waals surface area contributed by atoms with Crippen molar-refractivity contribution in [2.45, 2.75) is 0 Å². The second-order valence-electron chi connectivity index (χ2n) is 5.17. The highest BCUT2D eigenvalue weighted by Gasteiger charge is 2.14. The average molecular weight is 256 g/mol. The van der Waals surface area contributed by atoms with E-state index in [1.807, 2.05) is 6.20 Å². The third-order valence-corrected chi connectivity index (χ3v) is 3.66. The second-order valence-corrected chi connectivity index (χ2v) is 5.17. The molecule has 1 N–H and O–H groups in total. The Balaban J connectivity index is 2.05. The molecule has 4 heteroatoms. The molecular weight excluding hydrogens is 236 g/mol. The van der Waals surface area contributed by atoms with Crippen LogP contribution in [0.4, 0.5) is 11.5 Å². The van der Waals surface area contributed by atoms with Crippen molar-refractivity contribution in [1.29, 1.82) is 0 Å². The topological polar surface area (TPSA) is 31.4 Å². The lowest BCUT2D eigenvalue weighted by Crippen LogP contribution is -2.43. The van der Waals surface area contributed by atoms with Gasteiger partial charge in [-0.2, -0.15) is 0 Å². The highest BCUT2D eigenvalue weighted by atomic mass is 15.2. The summed E-state index contributed by atoms with van der Waals surface area (Å²) in [7, 11) is 4.14. The largest absolute Gasteiger partial charge is 0.378 e. The summed E-state index contributed by atoms with van der Waals surface area (Å²) in [5.74, 6) is 1.12. The van der Waals surface area contributed by atoms with Crippen molar-refractivity contribution in [1.82, 2.24) is 10.3 Å². The van der Waals surface area contributed by atoms with Crippen LogP contribution in [-0.2, 0) is 0 Å². The minimum absolute atomic E-state index is 1.03. The van der Waals surface area contributed by atoms with Crippen molar-refractivity contribution in [3.05, 3.63) is 30.5 Å². The Kier molecular flexibility index (Phi) is 3.25. The standard InChI is InChI=1S/C15H20N4/c1-18(2)13-3-4-14-12(11-13)5-6-17-15(14)19-9-7-16-8-10-19/h3-6,11,16H,7-10H2,1-2H3. The quantitative estimate of drug-likeness (QED) is 0.886. The zero-order valence-corrected chi connectivity index (χ0v) is 11.6. The summed E-state index contributed by atoms with van der Waals surface area (Å²) in [6, 6.07) is 8.67. The smallest absolute Gasteiger partial charge is 0.136 e. The molecule has 100 valence electrons. The van der Waals surface area contributed by atoms with Gasteiger partial charge in [-0.05, 0) is 29.7 Å². The maximum Gasteiger partial charge on any atom is 0.136 e. The maximum absolute atomic E-state index is 4.59. The number of fused-ring (bicyclic) bond motifs is 1. The van der Waals surface area contributed by atoms with E-state index in [0.29, 0.717) is 0 Å². The van der Waals surface area contributed by atoms with Crippen LogP contribution in [0.3, 0.4) is 0 Å². The molecule has 0 radical (unpaired) electrons. The summed E-state index contributed by atoms with van der Waals surface area (Å²) < 4.78 is 0. The number of benzene rings is 1. The number of pyridine rings is 1. The maximum atomic E-state index is 4.59. The van der Waals surface area contributed by atoms with Crippen molar-refractivity contribution in [3.63, 3.8) is 0 Å². The molecule has 0 unspecified atom stereocenters. The Morgan fingerprint density at radius 2 is 1.95 bits per heavy atom. The highest BCUT2D eigenvalue weighted by molar-refractivity contribution is 5.94. The van der Waals surface area contributed by atoms with Crippen LogP contribution in [-0.4, -0.2) is 45.3 Å². The summed E-state index contributed by atoms with van der Waals surface area (Å²) in [4.78, 5) is 9.09. The summed E-state index contributed by atoms with van der Waals surface area (Å²) in [5, 5.41) is 5.88. The summed E-state index contributed by atoms with van der Waals surface area (Å²) >= 11 is 0. The third-order valence-electron chi connectivity index (χ3n) is 3.66. The molecule has 1 aliphatic heterocycles. The van der Waals surface area contributed by atoms with Crippen molar-refractivity contribution in [2.75, 3.05) is 50.1 Å². The van der Waals surface area contributed by atoms with Gasteiger partial charge in [-0.1, -0.05) is 0 Å². The van der Waals surface area contributed by atoms with Gasteiger partial charge in [-0.15, -0.1) is 0 Å². The van der Waals surface area contributed by atoms with Gasteiger partial charge in [0.15, 0.2) is 0 Å². The number of hydrogen-bond donors (Lipinski definition) is 1. The van der Waals surface area contributed by atoms with Crippen LogP contribution in [0, 0.1) is 0 Å². The van der Waals surface area contributed by atoms with Gasteiger partial charge in [-0.3, -0.25) is 0 Å². The van der Waals surface area contributed by atoms with Crippen molar-refractivity contribution >= 4 is 22.3 Å². The van der Waals surface area contributed by atoms with Crippen LogP contribution in [0.25, 0.3) is 10.8 Å². The number of hydrogen-bond acceptors (Lipinski definition) is 4. The van der Waals surface area contributed by atoms with Crippen molar-refractivity contribution in [3.8, 4) is 0 Å². The van der Waals surface area contributed by atoms with E-state index >= 15 is 0 Å². The van der Waals surface area contributed by atoms with E-state index < -0.39 is 0 Å². The molecule has 0 aliphatic carbocycles. The Labute approximate surface area is 114 Å². The van der Waals surface area contributed by atoms with Gasteiger partial charge in [0, 0.05) is 57.5 Å². The SMILES string of the molecule is CN(C)c1ccc2c(N3CCNCC3)nccc2c1. The molecule has 1 aliphatic rings. The van der Waals surface area contributed by atoms with E-state index in [0.717, 1.165) is 32.0 Å². The molecule has 4 nitrogen and oxygen atoms in total. The number of rotatable bonds is 2. The number of aromatic nitrogens is 1. The molecule has 0 amide bonds. The fourth-order valence-corrected chi connectivity index (χ4v) is 2.56. The number of nitrogens with one attached hydrogen (secondary N) is 1. The van der Waals surface area contributed by atoms with Crippen molar-refractivity contribution < 1.29 is 0 Å². The third kappa shape index (κ3) is 2.36. The van der Waals surface area contributed by atoms with Crippen LogP contribution in [0.1, 0.15) is 0 Å². The minimum Gasteiger partial charge on any atom is -0.378 e. The Morgan fingerprint density at radius 3 is 2.68 bits per heavy atom. The van der Waals surface area contributed by atoms with Gasteiger partial charge in [0.1, 0.15) is 5.82 Å². The summed E-state index contributed by atoms with van der Waals surface area (Å²) in [6.07, 6.45) is 1.92. The van der Waals surface area contributed by atoms with Gasteiger partial charge < -0.3 is 15.1 Å². The minimum atomic E-state index is 1.03. The van der Waals surface area contributed by atoms with Gasteiger partial charge in [0.05, 0.1) is 0 Å². The molecule has 2 aromatic rings. The normalized spacial score (nSPS) is 15.8. The van der Waals surface area contributed by atoms with Crippen LogP contribution in [0.2, 0.25) is 0 Å². The number of anilines is 2. The van der Waals surface area contributed by atoms with Crippen LogP contribution in [0.15, 0.2) is 30.5 Å². The van der Waals surface area contributed by atoms with E-state index in [1.54, 1.807) is 0 Å². The lowest BCUT2D eigenvalue weighted by Gasteiger charge is -2.29. The van der Waals surface area contributed by atoms with Crippen molar-refractivity contribution in [2.24, 2.45) is 0 Å². The lowest BCUT2D eigenvalue weighted by atomic mass is 10.1. The van der Waals surface area contributed by atoms with Crippen LogP contribution >= 0.6 is 0 Å². The Morgan fingerprint density at radius 1 is 1.16 bits per heavy atom. The fraction of sp³-hybridized carbons (Fsp3) is 0.400. The molecule has 0 spiro atoms. The summed E-state index contributed by atoms with van der Waals surface area (Å²) in [5.41, 5.74) is 1.23. The average Bonchev–Trinajstić information content (AvgIpc) is 2.47. The highest BCUT2D eigenvalue weighted by Crippen LogP contribution is 2.27. The molecule has 1 aromatic heterocycles. The van der Waals surface area contributed by atoms with Gasteiger partial charge >= 0.3 is 0 Å². The zero-order chi connectivity index (χ0) is 13.2. The molecule has 0 bridgehead atoms. The number of piperazine rings is 1. The molecule has 1 aromatic carbocycles. The predicted octanol–water partition coefficient (Wildman–Crippen LogP) is 1.71. The summed E-state index contributed by atoms with van der Waals surface area (Å²) in [6.45, 7) is 4.13. The van der Waals surface area contributed by atoms with E-state index in [4.69, 9.17) is 0 Å². The molecule has 1 fully saturated rings. The first-order valence-corrected chi connectivity index (χ1v) is 6.77. The fourth-order valence-electron chi connectivity index (χ4n) is 2.56. The first kappa shape index (κ1) is 12.2. The molecule has 0 saturated carbocycles. The molecule has 2 heterocycles. The van der Waals surface area contributed by atoms with Crippen LogP contribution in [0.5, 0.6) is 0 Å². The first-order valence-electron chi connectivity index (χ1n) is 6.77. The van der Waals surface area contributed by atoms with Crippen LogP contribution < -0.4 is 15.1 Å². The van der Waals surface area contributed by atoms with E-state index in [-0.39, 0.29) is 0 Å². The second kappa shape index (κ2) is 5.05. The lowest BCUT2D eigenvalue weighted by molar-refractivity contribution is 0.586. The monoisotopic (exact) mass is 256 g/mol.